The molecule has 182 valence electrons. The number of nitrogens with zero attached hydrogens (tertiary/aromatic N) is 7. The molecule has 1 fully saturated rings. The molecule has 1 aliphatic heterocycles. The summed E-state index contributed by atoms with van der Waals surface area (Å²) in [5.41, 5.74) is 1.36. The highest BCUT2D eigenvalue weighted by molar-refractivity contribution is 5.74. The van der Waals surface area contributed by atoms with E-state index < -0.39 is 18.6 Å². The van der Waals surface area contributed by atoms with Crippen molar-refractivity contribution >= 4 is 11.6 Å². The van der Waals surface area contributed by atoms with Gasteiger partial charge in [-0.25, -0.2) is 4.98 Å². The first-order chi connectivity index (χ1) is 18.0. The SMILES string of the molecule is [2H]C([2H])([2H])n1nccc1Nc1cc(-c2cc3n(c2)CCCn2c-3nnc2C2(C(F)(F)F)CCC2)c(C)cn1. The number of rotatable bonds is 4. The lowest BCUT2D eigenvalue weighted by atomic mass is 9.67. The molecule has 4 aromatic heterocycles. The first kappa shape index (κ1) is 18.7. The number of fused-ring (bicyclic) bond motifs is 3. The van der Waals surface area contributed by atoms with Gasteiger partial charge in [0, 0.05) is 48.2 Å². The molecule has 8 nitrogen and oxygen atoms in total. The van der Waals surface area contributed by atoms with E-state index in [9.17, 15) is 13.2 Å². The Kier molecular flexibility index (Phi) is 4.10. The summed E-state index contributed by atoms with van der Waals surface area (Å²) in [6.07, 6.45) is 1.90. The maximum absolute atomic E-state index is 14.1. The molecular formula is C24H25F3N8. The molecule has 0 unspecified atom stereocenters. The first-order valence-corrected chi connectivity index (χ1v) is 11.5. The number of pyridine rings is 1. The zero-order valence-electron chi connectivity index (χ0n) is 22.0. The fourth-order valence-corrected chi connectivity index (χ4v) is 5.08. The van der Waals surface area contributed by atoms with Gasteiger partial charge in [0.05, 0.1) is 11.9 Å². The van der Waals surface area contributed by atoms with Crippen molar-refractivity contribution in [2.24, 2.45) is 6.98 Å². The molecule has 11 heteroatoms. The molecule has 0 radical (unpaired) electrons. The molecule has 5 heterocycles. The lowest BCUT2D eigenvalue weighted by Gasteiger charge is -2.42. The van der Waals surface area contributed by atoms with Gasteiger partial charge in [0.2, 0.25) is 0 Å². The molecule has 1 aliphatic carbocycles. The molecular weight excluding hydrogens is 457 g/mol. The van der Waals surface area contributed by atoms with Crippen LogP contribution in [0.15, 0.2) is 36.8 Å². The van der Waals surface area contributed by atoms with E-state index in [2.05, 4.69) is 25.6 Å². The van der Waals surface area contributed by atoms with Crippen molar-refractivity contribution < 1.29 is 17.3 Å². The van der Waals surface area contributed by atoms with Crippen molar-refractivity contribution in [3.63, 3.8) is 0 Å². The van der Waals surface area contributed by atoms with E-state index in [0.29, 0.717) is 43.3 Å². The van der Waals surface area contributed by atoms with Gasteiger partial charge in [-0.05, 0) is 49.4 Å². The Morgan fingerprint density at radius 2 is 2.00 bits per heavy atom. The lowest BCUT2D eigenvalue weighted by molar-refractivity contribution is -0.216. The number of alkyl halides is 3. The first-order valence-electron chi connectivity index (χ1n) is 13.0. The summed E-state index contributed by atoms with van der Waals surface area (Å²) in [5.74, 6) is 1.15. The lowest BCUT2D eigenvalue weighted by Crippen LogP contribution is -2.49. The highest BCUT2D eigenvalue weighted by atomic mass is 19.4. The minimum atomic E-state index is -4.37. The molecule has 1 N–H and O–H groups in total. The average Bonchev–Trinajstić information content (AvgIpc) is 3.51. The molecule has 0 saturated heterocycles. The number of hydrogen-bond acceptors (Lipinski definition) is 5. The summed E-state index contributed by atoms with van der Waals surface area (Å²) in [6.45, 7) is 0.514. The highest BCUT2D eigenvalue weighted by Gasteiger charge is 2.62. The molecule has 6 rings (SSSR count). The Morgan fingerprint density at radius 3 is 2.74 bits per heavy atom. The second kappa shape index (κ2) is 7.69. The molecule has 35 heavy (non-hydrogen) atoms. The third kappa shape index (κ3) is 3.35. The fraction of sp³-hybridized carbons (Fsp3) is 0.417. The number of anilines is 2. The molecule has 4 aromatic rings. The van der Waals surface area contributed by atoms with E-state index in [1.165, 1.54) is 6.20 Å². The predicted molar refractivity (Wildman–Crippen MR) is 124 cm³/mol. The number of hydrogen-bond donors (Lipinski definition) is 1. The van der Waals surface area contributed by atoms with Gasteiger partial charge in [0.1, 0.15) is 22.9 Å². The molecule has 0 bridgehead atoms. The summed E-state index contributed by atoms with van der Waals surface area (Å²) in [7, 11) is 0. The topological polar surface area (TPSA) is 78.4 Å². The van der Waals surface area contributed by atoms with Gasteiger partial charge in [0.25, 0.3) is 0 Å². The number of aryl methyl sites for hydroxylation is 3. The Morgan fingerprint density at radius 1 is 1.14 bits per heavy atom. The Bertz CT molecular complexity index is 1510. The van der Waals surface area contributed by atoms with Gasteiger partial charge < -0.3 is 14.5 Å². The summed E-state index contributed by atoms with van der Waals surface area (Å²) in [6, 6.07) is 5.27. The summed E-state index contributed by atoms with van der Waals surface area (Å²) in [4.78, 5) is 4.39. The van der Waals surface area contributed by atoms with Gasteiger partial charge in [-0.15, -0.1) is 10.2 Å². The van der Waals surface area contributed by atoms with E-state index in [1.54, 1.807) is 16.8 Å². The van der Waals surface area contributed by atoms with Crippen LogP contribution in [0, 0.1) is 6.92 Å². The summed E-state index contributed by atoms with van der Waals surface area (Å²) < 4.78 is 69.8. The van der Waals surface area contributed by atoms with Crippen molar-refractivity contribution in [3.05, 3.63) is 48.2 Å². The summed E-state index contributed by atoms with van der Waals surface area (Å²) in [5, 5.41) is 15.2. The van der Waals surface area contributed by atoms with Crippen LogP contribution in [0.2, 0.25) is 0 Å². The third-order valence-electron chi connectivity index (χ3n) is 7.15. The van der Waals surface area contributed by atoms with Crippen LogP contribution in [0.5, 0.6) is 0 Å². The van der Waals surface area contributed by atoms with Crippen molar-refractivity contribution in [1.82, 2.24) is 34.1 Å². The molecule has 0 spiro atoms. The second-order valence-corrected chi connectivity index (χ2v) is 9.23. The molecule has 1 saturated carbocycles. The van der Waals surface area contributed by atoms with Crippen LogP contribution < -0.4 is 5.32 Å². The van der Waals surface area contributed by atoms with E-state index in [-0.39, 0.29) is 24.5 Å². The largest absolute Gasteiger partial charge is 0.401 e. The highest BCUT2D eigenvalue weighted by Crippen LogP contribution is 2.54. The van der Waals surface area contributed by atoms with Gasteiger partial charge in [-0.2, -0.15) is 18.3 Å². The van der Waals surface area contributed by atoms with Crippen LogP contribution in [-0.2, 0) is 25.5 Å². The second-order valence-electron chi connectivity index (χ2n) is 9.23. The minimum absolute atomic E-state index is 0.0138. The van der Waals surface area contributed by atoms with Crippen molar-refractivity contribution in [1.29, 1.82) is 0 Å². The van der Waals surface area contributed by atoms with Crippen LogP contribution in [-0.4, -0.2) is 40.3 Å². The predicted octanol–water partition coefficient (Wildman–Crippen LogP) is 4.98. The zero-order valence-corrected chi connectivity index (χ0v) is 19.0. The minimum Gasteiger partial charge on any atom is -0.344 e. The summed E-state index contributed by atoms with van der Waals surface area (Å²) >= 11 is 0. The van der Waals surface area contributed by atoms with E-state index >= 15 is 0 Å². The maximum atomic E-state index is 14.1. The van der Waals surface area contributed by atoms with Crippen LogP contribution in [0.4, 0.5) is 24.8 Å². The molecule has 2 aliphatic rings. The molecule has 0 amide bonds. The third-order valence-corrected chi connectivity index (χ3v) is 7.15. The van der Waals surface area contributed by atoms with Crippen LogP contribution >= 0.6 is 0 Å². The Balaban J connectivity index is 1.37. The van der Waals surface area contributed by atoms with Crippen LogP contribution in [0.1, 0.15) is 41.2 Å². The van der Waals surface area contributed by atoms with Gasteiger partial charge in [-0.3, -0.25) is 4.68 Å². The molecule has 0 aromatic carbocycles. The van der Waals surface area contributed by atoms with Gasteiger partial charge in [-0.1, -0.05) is 6.42 Å². The van der Waals surface area contributed by atoms with Crippen LogP contribution in [0.25, 0.3) is 22.6 Å². The molecule has 0 atom stereocenters. The van der Waals surface area contributed by atoms with Crippen molar-refractivity contribution in [2.75, 3.05) is 5.32 Å². The fourth-order valence-electron chi connectivity index (χ4n) is 5.08. The maximum Gasteiger partial charge on any atom is 0.401 e. The van der Waals surface area contributed by atoms with E-state index in [0.717, 1.165) is 21.4 Å². The van der Waals surface area contributed by atoms with Gasteiger partial charge in [0.15, 0.2) is 5.82 Å². The van der Waals surface area contributed by atoms with Crippen molar-refractivity contribution in [2.45, 2.75) is 57.3 Å². The van der Waals surface area contributed by atoms with E-state index in [4.69, 9.17) is 4.11 Å². The average molecular weight is 486 g/mol. The Hall–Kier alpha value is -3.63. The van der Waals surface area contributed by atoms with Gasteiger partial charge >= 0.3 is 6.18 Å². The standard InChI is InChI=1S/C24H25F3N8/c1-15-13-28-19(30-20-5-8-29-33(20)2)12-17(15)16-11-18-21-31-32-22(23(6-3-7-23)24(25,26)27)35(21)10-4-9-34(18)14-16/h5,8,11-14H,3-4,6-7,9-10H2,1-2H3,(H,28,30)/i2D3. The monoisotopic (exact) mass is 485 g/mol. The number of aromatic nitrogens is 7. The number of halogens is 3. The van der Waals surface area contributed by atoms with Crippen LogP contribution in [0.3, 0.4) is 0 Å². The normalized spacial score (nSPS) is 18.5. The zero-order chi connectivity index (χ0) is 26.9. The Labute approximate surface area is 204 Å². The smallest absolute Gasteiger partial charge is 0.344 e. The quantitative estimate of drug-likeness (QED) is 0.441. The van der Waals surface area contributed by atoms with Crippen molar-refractivity contribution in [3.8, 4) is 22.6 Å². The van der Waals surface area contributed by atoms with E-state index in [1.807, 2.05) is 29.8 Å². The number of nitrogens with one attached hydrogen (secondary N) is 1.